The van der Waals surface area contributed by atoms with Crippen molar-refractivity contribution in [2.45, 2.75) is 5.41 Å². The molecule has 0 aliphatic heterocycles. The van der Waals surface area contributed by atoms with Crippen LogP contribution in [0.25, 0.3) is 99.2 Å². The van der Waals surface area contributed by atoms with Gasteiger partial charge in [0.2, 0.25) is 0 Å². The maximum atomic E-state index is 6.58. The van der Waals surface area contributed by atoms with Crippen LogP contribution in [0.2, 0.25) is 0 Å². The summed E-state index contributed by atoms with van der Waals surface area (Å²) in [5.74, 6) is 0. The molecule has 0 atom stereocenters. The normalized spacial score (nSPS) is 13.5. The zero-order valence-corrected chi connectivity index (χ0v) is 30.1. The minimum absolute atomic E-state index is 0.529. The highest BCUT2D eigenvalue weighted by Gasteiger charge is 2.51. The lowest BCUT2D eigenvalue weighted by atomic mass is 9.70. The van der Waals surface area contributed by atoms with E-state index in [0.29, 0.717) is 0 Å². The molecule has 2 aliphatic rings. The lowest BCUT2D eigenvalue weighted by molar-refractivity contribution is 0.670. The monoisotopic (exact) mass is 710 g/mol. The highest BCUT2D eigenvalue weighted by molar-refractivity contribution is 6.23. The molecule has 258 valence electrons. The van der Waals surface area contributed by atoms with Crippen molar-refractivity contribution in [3.8, 4) is 44.6 Å². The van der Waals surface area contributed by atoms with Crippen molar-refractivity contribution in [3.63, 3.8) is 0 Å². The predicted octanol–water partition coefficient (Wildman–Crippen LogP) is 13.5. The molecule has 0 N–H and O–H groups in total. The molecule has 0 unspecified atom stereocenters. The molecule has 0 saturated carbocycles. The number of aromatic nitrogens is 2. The molecule has 0 radical (unpaired) electrons. The van der Waals surface area contributed by atoms with Crippen LogP contribution in [0.5, 0.6) is 0 Å². The number of hydrogen-bond acceptors (Lipinski definition) is 3. The van der Waals surface area contributed by atoms with Crippen molar-refractivity contribution in [1.29, 1.82) is 0 Å². The molecular formula is C53H30N2O. The summed E-state index contributed by atoms with van der Waals surface area (Å²) in [6.45, 7) is 0. The number of furan rings is 1. The molecule has 0 bridgehead atoms. The lowest BCUT2D eigenvalue weighted by Gasteiger charge is -2.31. The van der Waals surface area contributed by atoms with E-state index in [1.165, 1.54) is 55.3 Å². The maximum absolute atomic E-state index is 6.58. The first kappa shape index (κ1) is 30.0. The standard InChI is InChI=1S/C53H30N2O/c1-3-17-41-34(12-1)35-13-2-4-18-42(35)51-50(41)54-30-48(55-51)32-25-27-39-38-26-24-31(33-19-11-20-43-40-16-7-10-23-49(40)56-52(33)43)28-46(38)53(47(39)29-32)44-21-8-5-14-36(44)37-15-6-9-22-45(37)53/h1-30H. The topological polar surface area (TPSA) is 38.9 Å². The van der Waals surface area contributed by atoms with Gasteiger partial charge in [-0.3, -0.25) is 4.98 Å². The van der Waals surface area contributed by atoms with Gasteiger partial charge in [0, 0.05) is 32.7 Å². The fourth-order valence-corrected chi connectivity index (χ4v) is 10.2. The van der Waals surface area contributed by atoms with E-state index in [1.807, 2.05) is 12.3 Å². The van der Waals surface area contributed by atoms with Crippen LogP contribution < -0.4 is 0 Å². The van der Waals surface area contributed by atoms with Gasteiger partial charge in [-0.2, -0.15) is 0 Å². The highest BCUT2D eigenvalue weighted by atomic mass is 16.3. The summed E-state index contributed by atoms with van der Waals surface area (Å²) in [4.78, 5) is 10.6. The van der Waals surface area contributed by atoms with Gasteiger partial charge in [-0.25, -0.2) is 4.98 Å². The van der Waals surface area contributed by atoms with Crippen molar-refractivity contribution in [3.05, 3.63) is 204 Å². The Bertz CT molecular complexity index is 3420. The van der Waals surface area contributed by atoms with Gasteiger partial charge in [0.15, 0.2) is 0 Å². The van der Waals surface area contributed by atoms with E-state index >= 15 is 0 Å². The molecule has 3 heteroatoms. The van der Waals surface area contributed by atoms with E-state index < -0.39 is 5.41 Å². The van der Waals surface area contributed by atoms with Crippen LogP contribution in [0.15, 0.2) is 187 Å². The second kappa shape index (κ2) is 10.9. The third kappa shape index (κ3) is 3.76. The van der Waals surface area contributed by atoms with E-state index in [-0.39, 0.29) is 0 Å². The van der Waals surface area contributed by atoms with Crippen LogP contribution in [-0.4, -0.2) is 9.97 Å². The molecule has 0 saturated heterocycles. The van der Waals surface area contributed by atoms with E-state index in [0.717, 1.165) is 66.1 Å². The van der Waals surface area contributed by atoms with Gasteiger partial charge < -0.3 is 4.42 Å². The lowest BCUT2D eigenvalue weighted by Crippen LogP contribution is -2.26. The number of nitrogens with zero attached hydrogens (tertiary/aromatic N) is 2. The summed E-state index contributed by atoms with van der Waals surface area (Å²) < 4.78 is 6.58. The number of fused-ring (bicyclic) bond motifs is 19. The average Bonchev–Trinajstić information content (AvgIpc) is 3.90. The third-order valence-corrected chi connectivity index (χ3v) is 12.5. The van der Waals surface area contributed by atoms with Gasteiger partial charge >= 0.3 is 0 Å². The van der Waals surface area contributed by atoms with Crippen LogP contribution >= 0.6 is 0 Å². The Kier molecular flexibility index (Phi) is 5.83. The fourth-order valence-electron chi connectivity index (χ4n) is 10.2. The van der Waals surface area contributed by atoms with E-state index in [4.69, 9.17) is 14.4 Å². The van der Waals surface area contributed by atoms with Crippen LogP contribution in [0.1, 0.15) is 22.3 Å². The molecule has 11 aromatic rings. The number of hydrogen-bond donors (Lipinski definition) is 0. The van der Waals surface area contributed by atoms with Crippen LogP contribution in [0.3, 0.4) is 0 Å². The fraction of sp³-hybridized carbons (Fsp3) is 0.0189. The highest BCUT2D eigenvalue weighted by Crippen LogP contribution is 2.63. The van der Waals surface area contributed by atoms with Gasteiger partial charge in [0.1, 0.15) is 11.2 Å². The first-order valence-corrected chi connectivity index (χ1v) is 19.2. The zero-order chi connectivity index (χ0) is 36.5. The SMILES string of the molecule is c1ccc2c(c1)-c1ccccc1C21c2cc(-c3cnc4c5ccccc5c5ccccc5c4n3)ccc2-c2ccc(-c3cccc4c3oc3ccccc34)cc21. The van der Waals surface area contributed by atoms with Gasteiger partial charge in [-0.05, 0) is 79.0 Å². The van der Waals surface area contributed by atoms with Crippen molar-refractivity contribution in [1.82, 2.24) is 9.97 Å². The molecular weight excluding hydrogens is 681 g/mol. The average molecular weight is 711 g/mol. The minimum atomic E-state index is -0.529. The Morgan fingerprint density at radius 2 is 0.893 bits per heavy atom. The second-order valence-electron chi connectivity index (χ2n) is 15.2. The van der Waals surface area contributed by atoms with Crippen LogP contribution in [-0.2, 0) is 5.41 Å². The molecule has 2 aromatic heterocycles. The smallest absolute Gasteiger partial charge is 0.143 e. The molecule has 3 nitrogen and oxygen atoms in total. The molecule has 56 heavy (non-hydrogen) atoms. The van der Waals surface area contributed by atoms with Crippen molar-refractivity contribution in [2.75, 3.05) is 0 Å². The van der Waals surface area contributed by atoms with Crippen molar-refractivity contribution >= 4 is 54.5 Å². The second-order valence-corrected chi connectivity index (χ2v) is 15.2. The van der Waals surface area contributed by atoms with E-state index in [9.17, 15) is 0 Å². The number of para-hydroxylation sites is 2. The number of rotatable bonds is 2. The Balaban J connectivity index is 1.08. The Morgan fingerprint density at radius 1 is 0.375 bits per heavy atom. The molecule has 13 rings (SSSR count). The molecule has 0 fully saturated rings. The molecule has 9 aromatic carbocycles. The minimum Gasteiger partial charge on any atom is -0.455 e. The summed E-state index contributed by atoms with van der Waals surface area (Å²) in [6.07, 6.45) is 1.96. The Hall–Kier alpha value is -7.36. The number of benzene rings is 9. The molecule has 2 aliphatic carbocycles. The zero-order valence-electron chi connectivity index (χ0n) is 30.1. The van der Waals surface area contributed by atoms with Crippen LogP contribution in [0, 0.1) is 0 Å². The van der Waals surface area contributed by atoms with Crippen molar-refractivity contribution < 1.29 is 4.42 Å². The van der Waals surface area contributed by atoms with Crippen molar-refractivity contribution in [2.24, 2.45) is 0 Å². The summed E-state index contributed by atoms with van der Waals surface area (Å²) in [5.41, 5.74) is 17.5. The first-order valence-electron chi connectivity index (χ1n) is 19.2. The van der Waals surface area contributed by atoms with Gasteiger partial charge in [0.05, 0.1) is 28.3 Å². The predicted molar refractivity (Wildman–Crippen MR) is 229 cm³/mol. The Labute approximate surface area is 322 Å². The van der Waals surface area contributed by atoms with Gasteiger partial charge in [0.25, 0.3) is 0 Å². The first-order chi connectivity index (χ1) is 27.8. The largest absolute Gasteiger partial charge is 0.455 e. The van der Waals surface area contributed by atoms with Gasteiger partial charge in [-0.15, -0.1) is 0 Å². The molecule has 2 heterocycles. The summed E-state index contributed by atoms with van der Waals surface area (Å²) >= 11 is 0. The summed E-state index contributed by atoms with van der Waals surface area (Å²) in [7, 11) is 0. The van der Waals surface area contributed by atoms with E-state index in [2.05, 4.69) is 170 Å². The maximum Gasteiger partial charge on any atom is 0.143 e. The van der Waals surface area contributed by atoms with Gasteiger partial charge in [-0.1, -0.05) is 158 Å². The Morgan fingerprint density at radius 3 is 1.61 bits per heavy atom. The van der Waals surface area contributed by atoms with Crippen LogP contribution in [0.4, 0.5) is 0 Å². The molecule has 1 spiro atoms. The summed E-state index contributed by atoms with van der Waals surface area (Å²) in [6, 6.07) is 63.9. The third-order valence-electron chi connectivity index (χ3n) is 12.5. The van der Waals surface area contributed by atoms with E-state index in [1.54, 1.807) is 0 Å². The quantitative estimate of drug-likeness (QED) is 0.168. The molecule has 0 amide bonds. The summed E-state index contributed by atoms with van der Waals surface area (Å²) in [5, 5.41) is 6.90.